The van der Waals surface area contributed by atoms with E-state index in [1.165, 1.54) is 0 Å². The molecule has 4 heteroatoms. The summed E-state index contributed by atoms with van der Waals surface area (Å²) in [5.74, 6) is 0.0391. The summed E-state index contributed by atoms with van der Waals surface area (Å²) in [7, 11) is 1.66. The van der Waals surface area contributed by atoms with Gasteiger partial charge < -0.3 is 15.8 Å². The van der Waals surface area contributed by atoms with Crippen molar-refractivity contribution < 1.29 is 9.53 Å². The molecule has 3 N–H and O–H groups in total. The van der Waals surface area contributed by atoms with Crippen molar-refractivity contribution in [2.24, 2.45) is 17.1 Å². The Labute approximate surface area is 104 Å². The first kappa shape index (κ1) is 14.5. The second kappa shape index (κ2) is 5.36. The summed E-state index contributed by atoms with van der Waals surface area (Å²) >= 11 is 0. The van der Waals surface area contributed by atoms with Gasteiger partial charge >= 0.3 is 0 Å². The number of nitrogens with one attached hydrogen (secondary N) is 1. The van der Waals surface area contributed by atoms with Gasteiger partial charge in [-0.15, -0.1) is 0 Å². The number of nitrogens with two attached hydrogens (primary N) is 1. The maximum absolute atomic E-state index is 11.8. The molecular formula is C13H26N2O2. The molecule has 1 amide bonds. The lowest BCUT2D eigenvalue weighted by atomic mass is 9.63. The van der Waals surface area contributed by atoms with E-state index in [0.29, 0.717) is 18.6 Å². The molecule has 0 aromatic heterocycles. The molecular weight excluding hydrogens is 216 g/mol. The van der Waals surface area contributed by atoms with Crippen molar-refractivity contribution in [1.29, 1.82) is 0 Å². The molecule has 0 aromatic carbocycles. The molecule has 0 bridgehead atoms. The molecule has 2 unspecified atom stereocenters. The van der Waals surface area contributed by atoms with Crippen LogP contribution in [0.4, 0.5) is 0 Å². The highest BCUT2D eigenvalue weighted by Gasteiger charge is 2.47. The van der Waals surface area contributed by atoms with Gasteiger partial charge in [0, 0.05) is 13.7 Å². The van der Waals surface area contributed by atoms with Crippen molar-refractivity contribution in [3.8, 4) is 0 Å². The second-order valence-corrected chi connectivity index (χ2v) is 6.02. The third kappa shape index (κ3) is 3.19. The number of carbonyl (C=O) groups is 1. The van der Waals surface area contributed by atoms with E-state index in [0.717, 1.165) is 19.3 Å². The smallest absolute Gasteiger partial charge is 0.238 e. The van der Waals surface area contributed by atoms with Crippen molar-refractivity contribution in [2.75, 3.05) is 20.3 Å². The zero-order valence-corrected chi connectivity index (χ0v) is 11.5. The topological polar surface area (TPSA) is 64.3 Å². The van der Waals surface area contributed by atoms with E-state index in [-0.39, 0.29) is 11.8 Å². The minimum Gasteiger partial charge on any atom is -0.383 e. The summed E-state index contributed by atoms with van der Waals surface area (Å²) < 4.78 is 5.02. The maximum atomic E-state index is 11.8. The number of methoxy groups -OCH3 is 1. The molecule has 0 aliphatic heterocycles. The van der Waals surface area contributed by atoms with Crippen molar-refractivity contribution >= 4 is 5.91 Å². The minimum absolute atomic E-state index is 0.225. The number of rotatable bonds is 5. The molecule has 17 heavy (non-hydrogen) atoms. The number of hydrogen-bond donors (Lipinski definition) is 2. The molecule has 0 heterocycles. The van der Waals surface area contributed by atoms with Crippen LogP contribution in [0, 0.1) is 11.3 Å². The SMILES string of the molecule is COCCNC1(C(N)=O)CCC(C)(C)CC1C. The Bertz CT molecular complexity index is 279. The van der Waals surface area contributed by atoms with Gasteiger partial charge in [0.2, 0.25) is 5.91 Å². The highest BCUT2D eigenvalue weighted by Crippen LogP contribution is 2.43. The van der Waals surface area contributed by atoms with E-state index in [9.17, 15) is 4.79 Å². The summed E-state index contributed by atoms with van der Waals surface area (Å²) in [6.07, 6.45) is 2.87. The first-order valence-corrected chi connectivity index (χ1v) is 6.38. The quantitative estimate of drug-likeness (QED) is 0.714. The predicted molar refractivity (Wildman–Crippen MR) is 68.6 cm³/mol. The second-order valence-electron chi connectivity index (χ2n) is 6.02. The minimum atomic E-state index is -0.548. The molecule has 1 rings (SSSR count). The molecule has 0 aromatic rings. The van der Waals surface area contributed by atoms with Crippen LogP contribution in [0.25, 0.3) is 0 Å². The van der Waals surface area contributed by atoms with Gasteiger partial charge in [0.05, 0.1) is 6.61 Å². The fourth-order valence-electron chi connectivity index (χ4n) is 2.98. The number of primary amides is 1. The highest BCUT2D eigenvalue weighted by molar-refractivity contribution is 5.85. The van der Waals surface area contributed by atoms with Gasteiger partial charge in [-0.1, -0.05) is 20.8 Å². The predicted octanol–water partition coefficient (Wildman–Crippen LogP) is 1.29. The largest absolute Gasteiger partial charge is 0.383 e. The number of amides is 1. The van der Waals surface area contributed by atoms with Crippen molar-refractivity contribution in [3.05, 3.63) is 0 Å². The summed E-state index contributed by atoms with van der Waals surface area (Å²) in [6.45, 7) is 7.90. The molecule has 1 saturated carbocycles. The van der Waals surface area contributed by atoms with Gasteiger partial charge in [0.1, 0.15) is 5.54 Å². The molecule has 2 atom stereocenters. The van der Waals surface area contributed by atoms with E-state index in [1.54, 1.807) is 7.11 Å². The fraction of sp³-hybridized carbons (Fsp3) is 0.923. The van der Waals surface area contributed by atoms with Crippen molar-refractivity contribution in [2.45, 2.75) is 45.6 Å². The Morgan fingerprint density at radius 2 is 2.12 bits per heavy atom. The van der Waals surface area contributed by atoms with Crippen molar-refractivity contribution in [3.63, 3.8) is 0 Å². The van der Waals surface area contributed by atoms with Crippen LogP contribution in [0.2, 0.25) is 0 Å². The van der Waals surface area contributed by atoms with Crippen LogP contribution in [-0.2, 0) is 9.53 Å². The Morgan fingerprint density at radius 3 is 2.59 bits per heavy atom. The Balaban J connectivity index is 2.75. The van der Waals surface area contributed by atoms with E-state index in [2.05, 4.69) is 26.1 Å². The number of carbonyl (C=O) groups excluding carboxylic acids is 1. The maximum Gasteiger partial charge on any atom is 0.238 e. The van der Waals surface area contributed by atoms with Gasteiger partial charge in [-0.05, 0) is 30.6 Å². The number of hydrogen-bond acceptors (Lipinski definition) is 3. The van der Waals surface area contributed by atoms with E-state index in [4.69, 9.17) is 10.5 Å². The van der Waals surface area contributed by atoms with Crippen LogP contribution in [0.3, 0.4) is 0 Å². The first-order chi connectivity index (χ1) is 7.84. The van der Waals surface area contributed by atoms with Crippen LogP contribution in [0.5, 0.6) is 0 Å². The summed E-state index contributed by atoms with van der Waals surface area (Å²) in [5.41, 5.74) is 5.38. The standard InChI is InChI=1S/C13H26N2O2/c1-10-9-12(2,3)5-6-13(10,11(14)16)15-7-8-17-4/h10,15H,5-9H2,1-4H3,(H2,14,16). The normalized spacial score (nSPS) is 32.4. The molecule has 1 aliphatic carbocycles. The average Bonchev–Trinajstić information content (AvgIpc) is 2.20. The zero-order valence-electron chi connectivity index (χ0n) is 11.5. The summed E-state index contributed by atoms with van der Waals surface area (Å²) in [5, 5.41) is 3.32. The molecule has 0 radical (unpaired) electrons. The van der Waals surface area contributed by atoms with Gasteiger partial charge in [-0.2, -0.15) is 0 Å². The number of ether oxygens (including phenoxy) is 1. The third-order valence-corrected chi connectivity index (χ3v) is 4.08. The van der Waals surface area contributed by atoms with Crippen LogP contribution in [0.15, 0.2) is 0 Å². The molecule has 4 nitrogen and oxygen atoms in total. The Morgan fingerprint density at radius 1 is 1.47 bits per heavy atom. The summed E-state index contributed by atoms with van der Waals surface area (Å²) in [6, 6.07) is 0. The average molecular weight is 242 g/mol. The van der Waals surface area contributed by atoms with E-state index in [1.807, 2.05) is 0 Å². The van der Waals surface area contributed by atoms with Crippen LogP contribution >= 0.6 is 0 Å². The van der Waals surface area contributed by atoms with Gasteiger partial charge in [0.15, 0.2) is 0 Å². The van der Waals surface area contributed by atoms with Gasteiger partial charge in [-0.3, -0.25) is 4.79 Å². The monoisotopic (exact) mass is 242 g/mol. The lowest BCUT2D eigenvalue weighted by molar-refractivity contribution is -0.129. The molecule has 0 saturated heterocycles. The van der Waals surface area contributed by atoms with Gasteiger partial charge in [0.25, 0.3) is 0 Å². The molecule has 1 fully saturated rings. The molecule has 0 spiro atoms. The molecule has 100 valence electrons. The van der Waals surface area contributed by atoms with Crippen LogP contribution in [0.1, 0.15) is 40.0 Å². The summed E-state index contributed by atoms with van der Waals surface area (Å²) in [4.78, 5) is 11.8. The zero-order chi connectivity index (χ0) is 13.1. The van der Waals surface area contributed by atoms with E-state index >= 15 is 0 Å². The van der Waals surface area contributed by atoms with Crippen LogP contribution < -0.4 is 11.1 Å². The third-order valence-electron chi connectivity index (χ3n) is 4.08. The lowest BCUT2D eigenvalue weighted by Crippen LogP contribution is -2.63. The molecule has 1 aliphatic rings. The highest BCUT2D eigenvalue weighted by atomic mass is 16.5. The fourth-order valence-corrected chi connectivity index (χ4v) is 2.98. The Hall–Kier alpha value is -0.610. The van der Waals surface area contributed by atoms with E-state index < -0.39 is 5.54 Å². The Kier molecular flexibility index (Phi) is 4.55. The van der Waals surface area contributed by atoms with Crippen molar-refractivity contribution in [1.82, 2.24) is 5.32 Å². The lowest BCUT2D eigenvalue weighted by Gasteiger charge is -2.47. The first-order valence-electron chi connectivity index (χ1n) is 6.38. The van der Waals surface area contributed by atoms with Gasteiger partial charge in [-0.25, -0.2) is 0 Å². The van der Waals surface area contributed by atoms with Crippen LogP contribution in [-0.4, -0.2) is 31.7 Å².